The number of carbonyl (C=O) groups is 1. The summed E-state index contributed by atoms with van der Waals surface area (Å²) in [5.41, 5.74) is 0. The average molecular weight is 290 g/mol. The minimum absolute atomic E-state index is 0.177. The van der Waals surface area contributed by atoms with Crippen molar-refractivity contribution in [2.75, 3.05) is 7.05 Å². The predicted molar refractivity (Wildman–Crippen MR) is 71.8 cm³/mol. The Labute approximate surface area is 108 Å². The van der Waals surface area contributed by atoms with Gasteiger partial charge in [-0.15, -0.1) is 0 Å². The smallest absolute Gasteiger partial charge is 0.225 e. The van der Waals surface area contributed by atoms with Gasteiger partial charge in [0.25, 0.3) is 0 Å². The van der Waals surface area contributed by atoms with Gasteiger partial charge in [-0.05, 0) is 19.3 Å². The minimum Gasteiger partial charge on any atom is -0.341 e. The Bertz CT molecular complexity index is 232. The molecule has 1 rings (SSSR count). The number of hydrogen-bond donors (Lipinski definition) is 0. The molecule has 1 saturated carbocycles. The molecule has 0 aromatic heterocycles. The normalized spacial score (nSPS) is 27.5. The summed E-state index contributed by atoms with van der Waals surface area (Å²) < 4.78 is 0. The fourth-order valence-corrected chi connectivity index (χ4v) is 3.51. The molecular formula is C13H24BrNO. The Balaban J connectivity index is 2.54. The van der Waals surface area contributed by atoms with Crippen LogP contribution in [-0.2, 0) is 4.79 Å². The van der Waals surface area contributed by atoms with Crippen molar-refractivity contribution in [3.8, 4) is 0 Å². The monoisotopic (exact) mass is 289 g/mol. The van der Waals surface area contributed by atoms with Crippen molar-refractivity contribution >= 4 is 21.8 Å². The number of rotatable bonds is 4. The van der Waals surface area contributed by atoms with Crippen molar-refractivity contribution in [2.45, 2.75) is 63.2 Å². The lowest BCUT2D eigenvalue weighted by Gasteiger charge is -2.36. The Kier molecular flexibility index (Phi) is 5.81. The number of carbonyl (C=O) groups excluding carboxylic acids is 1. The minimum atomic E-state index is 0.177. The van der Waals surface area contributed by atoms with E-state index in [2.05, 4.69) is 22.9 Å². The largest absolute Gasteiger partial charge is 0.341 e. The Morgan fingerprint density at radius 2 is 2.06 bits per heavy atom. The lowest BCUT2D eigenvalue weighted by molar-refractivity contribution is -0.136. The van der Waals surface area contributed by atoms with Crippen LogP contribution in [0.3, 0.4) is 0 Å². The average Bonchev–Trinajstić information content (AvgIpc) is 2.28. The third-order valence-electron chi connectivity index (χ3n) is 3.64. The van der Waals surface area contributed by atoms with Crippen LogP contribution >= 0.6 is 15.9 Å². The van der Waals surface area contributed by atoms with Crippen LogP contribution in [0.1, 0.15) is 52.4 Å². The molecule has 0 aliphatic heterocycles. The molecule has 0 spiro atoms. The molecule has 16 heavy (non-hydrogen) atoms. The molecule has 1 amide bonds. The highest BCUT2D eigenvalue weighted by atomic mass is 79.9. The van der Waals surface area contributed by atoms with E-state index >= 15 is 0 Å². The van der Waals surface area contributed by atoms with Gasteiger partial charge >= 0.3 is 0 Å². The number of alkyl halides is 1. The first-order chi connectivity index (χ1) is 7.57. The number of nitrogens with zero attached hydrogens (tertiary/aromatic N) is 1. The van der Waals surface area contributed by atoms with Gasteiger partial charge in [-0.1, -0.05) is 49.0 Å². The first kappa shape index (κ1) is 14.0. The molecule has 0 heterocycles. The molecule has 94 valence electrons. The highest BCUT2D eigenvalue weighted by Crippen LogP contribution is 2.28. The zero-order chi connectivity index (χ0) is 12.1. The van der Waals surface area contributed by atoms with Crippen LogP contribution in [0, 0.1) is 5.92 Å². The molecular weight excluding hydrogens is 266 g/mol. The van der Waals surface area contributed by atoms with E-state index in [9.17, 15) is 4.79 Å². The van der Waals surface area contributed by atoms with Crippen molar-refractivity contribution in [3.63, 3.8) is 0 Å². The van der Waals surface area contributed by atoms with Gasteiger partial charge in [0, 0.05) is 23.8 Å². The first-order valence-corrected chi connectivity index (χ1v) is 7.40. The molecule has 1 fully saturated rings. The number of amides is 1. The van der Waals surface area contributed by atoms with Crippen LogP contribution in [0.4, 0.5) is 0 Å². The van der Waals surface area contributed by atoms with Gasteiger partial charge < -0.3 is 4.90 Å². The molecule has 0 radical (unpaired) electrons. The van der Waals surface area contributed by atoms with Crippen LogP contribution in [0.25, 0.3) is 0 Å². The van der Waals surface area contributed by atoms with E-state index < -0.39 is 0 Å². The third-order valence-corrected chi connectivity index (χ3v) is 4.70. The summed E-state index contributed by atoms with van der Waals surface area (Å²) in [5, 5.41) is 0. The summed E-state index contributed by atoms with van der Waals surface area (Å²) in [7, 11) is 1.97. The fourth-order valence-electron chi connectivity index (χ4n) is 2.57. The summed E-state index contributed by atoms with van der Waals surface area (Å²) in [6.45, 7) is 4.19. The second kappa shape index (κ2) is 6.63. The second-order valence-electron chi connectivity index (χ2n) is 5.01. The van der Waals surface area contributed by atoms with Crippen molar-refractivity contribution in [2.24, 2.45) is 5.92 Å². The van der Waals surface area contributed by atoms with Gasteiger partial charge in [-0.2, -0.15) is 0 Å². The van der Waals surface area contributed by atoms with E-state index in [1.54, 1.807) is 0 Å². The molecule has 3 heteroatoms. The fraction of sp³-hybridized carbons (Fsp3) is 0.923. The maximum atomic E-state index is 12.2. The van der Waals surface area contributed by atoms with Crippen molar-refractivity contribution in [1.29, 1.82) is 0 Å². The van der Waals surface area contributed by atoms with Crippen molar-refractivity contribution < 1.29 is 4.79 Å². The zero-order valence-electron chi connectivity index (χ0n) is 10.7. The summed E-state index contributed by atoms with van der Waals surface area (Å²) in [6, 6.07) is 0.403. The van der Waals surface area contributed by atoms with E-state index in [1.807, 2.05) is 18.9 Å². The van der Waals surface area contributed by atoms with Crippen LogP contribution in [0.2, 0.25) is 0 Å². The van der Waals surface area contributed by atoms with Gasteiger partial charge in [0.2, 0.25) is 5.91 Å². The van der Waals surface area contributed by atoms with Gasteiger partial charge in [0.15, 0.2) is 0 Å². The molecule has 2 nitrogen and oxygen atoms in total. The van der Waals surface area contributed by atoms with E-state index in [1.165, 1.54) is 19.3 Å². The standard InChI is InChI=1S/C13H24BrNO/c1-4-7-10(2)13(16)15(3)12-9-6-5-8-11(12)14/h10-12H,4-9H2,1-3H3. The van der Waals surface area contributed by atoms with Gasteiger partial charge in [0.1, 0.15) is 0 Å². The topological polar surface area (TPSA) is 20.3 Å². The van der Waals surface area contributed by atoms with Gasteiger partial charge in [0.05, 0.1) is 0 Å². The first-order valence-electron chi connectivity index (χ1n) is 6.48. The maximum absolute atomic E-state index is 12.2. The lowest BCUT2D eigenvalue weighted by Crippen LogP contribution is -2.46. The van der Waals surface area contributed by atoms with Gasteiger partial charge in [-0.3, -0.25) is 4.79 Å². The summed E-state index contributed by atoms with van der Waals surface area (Å²) >= 11 is 3.72. The van der Waals surface area contributed by atoms with Gasteiger partial charge in [-0.25, -0.2) is 0 Å². The summed E-state index contributed by atoms with van der Waals surface area (Å²) in [4.78, 5) is 14.7. The summed E-state index contributed by atoms with van der Waals surface area (Å²) in [5.74, 6) is 0.495. The number of halogens is 1. The van der Waals surface area contributed by atoms with Crippen LogP contribution in [-0.4, -0.2) is 28.7 Å². The van der Waals surface area contributed by atoms with E-state index in [-0.39, 0.29) is 5.92 Å². The summed E-state index contributed by atoms with van der Waals surface area (Å²) in [6.07, 6.45) is 6.99. The van der Waals surface area contributed by atoms with Crippen LogP contribution < -0.4 is 0 Å². The molecule has 1 aliphatic carbocycles. The lowest BCUT2D eigenvalue weighted by atomic mass is 9.93. The second-order valence-corrected chi connectivity index (χ2v) is 6.18. The zero-order valence-corrected chi connectivity index (χ0v) is 12.3. The van der Waals surface area contributed by atoms with E-state index in [4.69, 9.17) is 0 Å². The maximum Gasteiger partial charge on any atom is 0.225 e. The molecule has 3 atom stereocenters. The quantitative estimate of drug-likeness (QED) is 0.725. The predicted octanol–water partition coefficient (Wildman–Crippen LogP) is 3.59. The van der Waals surface area contributed by atoms with Crippen molar-refractivity contribution in [1.82, 2.24) is 4.90 Å². The SMILES string of the molecule is CCCC(C)C(=O)N(C)C1CCCCC1Br. The van der Waals surface area contributed by atoms with Crippen LogP contribution in [0.15, 0.2) is 0 Å². The Hall–Kier alpha value is -0.0500. The number of hydrogen-bond acceptors (Lipinski definition) is 1. The Morgan fingerprint density at radius 3 is 2.62 bits per heavy atom. The molecule has 0 saturated heterocycles. The van der Waals surface area contributed by atoms with E-state index in [0.717, 1.165) is 19.3 Å². The molecule has 0 N–H and O–H groups in total. The molecule has 0 bridgehead atoms. The Morgan fingerprint density at radius 1 is 1.44 bits per heavy atom. The molecule has 3 unspecified atom stereocenters. The highest BCUT2D eigenvalue weighted by Gasteiger charge is 2.30. The van der Waals surface area contributed by atoms with Crippen molar-refractivity contribution in [3.05, 3.63) is 0 Å². The highest BCUT2D eigenvalue weighted by molar-refractivity contribution is 9.09. The molecule has 0 aromatic rings. The molecule has 1 aliphatic rings. The third kappa shape index (κ3) is 3.47. The molecule has 0 aromatic carbocycles. The van der Waals surface area contributed by atoms with Crippen LogP contribution in [0.5, 0.6) is 0 Å². The van der Waals surface area contributed by atoms with E-state index in [0.29, 0.717) is 16.8 Å².